The maximum Gasteiger partial charge on any atom is 0.320 e. The van der Waals surface area contributed by atoms with Crippen LogP contribution >= 0.6 is 23.2 Å². The zero-order valence-corrected chi connectivity index (χ0v) is 13.8. The highest BCUT2D eigenvalue weighted by Gasteiger charge is 2.43. The van der Waals surface area contributed by atoms with E-state index in [0.717, 1.165) is 6.92 Å². The van der Waals surface area contributed by atoms with Crippen LogP contribution in [0.5, 0.6) is 0 Å². The van der Waals surface area contributed by atoms with Gasteiger partial charge in [0.2, 0.25) is 5.28 Å². The van der Waals surface area contributed by atoms with Crippen molar-refractivity contribution in [3.63, 3.8) is 0 Å². The molecule has 0 saturated heterocycles. The Morgan fingerprint density at radius 1 is 1.38 bits per heavy atom. The molecule has 0 bridgehead atoms. The molecule has 3 rings (SSSR count). The Kier molecular flexibility index (Phi) is 4.37. The van der Waals surface area contributed by atoms with E-state index in [4.69, 9.17) is 37.8 Å². The summed E-state index contributed by atoms with van der Waals surface area (Å²) in [6, 6.07) is 1.95. The SMILES string of the molecule is C[C@H](N)C(F)(F)c1oc2c(NCc3ccco3)nc(Cl)nc2c1Cl. The summed E-state index contributed by atoms with van der Waals surface area (Å²) in [5.74, 6) is -3.51. The highest BCUT2D eigenvalue weighted by molar-refractivity contribution is 6.36. The Balaban J connectivity index is 2.07. The average Bonchev–Trinajstić information content (AvgIpc) is 3.14. The first-order valence-corrected chi connectivity index (χ1v) is 7.62. The van der Waals surface area contributed by atoms with Crippen LogP contribution in [0.25, 0.3) is 11.1 Å². The van der Waals surface area contributed by atoms with Crippen molar-refractivity contribution in [2.24, 2.45) is 5.73 Å². The maximum absolute atomic E-state index is 14.2. The standard InChI is InChI=1S/C14H12Cl2F2N4O2/c1-6(19)14(17,18)11-8(15)9-10(24-11)12(22-13(16)21-9)20-5-7-3-2-4-23-7/h2-4,6H,5,19H2,1H3,(H,20,21,22)/t6-/m0/s1. The van der Waals surface area contributed by atoms with E-state index in [1.807, 2.05) is 0 Å². The van der Waals surface area contributed by atoms with Gasteiger partial charge in [0.1, 0.15) is 16.3 Å². The van der Waals surface area contributed by atoms with E-state index < -0.39 is 17.7 Å². The second-order valence-corrected chi connectivity index (χ2v) is 5.82. The molecule has 0 aliphatic rings. The summed E-state index contributed by atoms with van der Waals surface area (Å²) in [6.07, 6.45) is 1.50. The first-order valence-electron chi connectivity index (χ1n) is 6.86. The number of nitrogens with two attached hydrogens (primary N) is 1. The molecule has 3 N–H and O–H groups in total. The highest BCUT2D eigenvalue weighted by atomic mass is 35.5. The van der Waals surface area contributed by atoms with Gasteiger partial charge in [-0.05, 0) is 30.7 Å². The second kappa shape index (κ2) is 6.19. The van der Waals surface area contributed by atoms with Gasteiger partial charge in [0.25, 0.3) is 0 Å². The van der Waals surface area contributed by atoms with Gasteiger partial charge in [0.05, 0.1) is 18.8 Å². The molecule has 3 aromatic heterocycles. The van der Waals surface area contributed by atoms with E-state index in [0.29, 0.717) is 5.76 Å². The molecular weight excluding hydrogens is 365 g/mol. The lowest BCUT2D eigenvalue weighted by molar-refractivity contribution is -0.0442. The number of nitrogens with zero attached hydrogens (tertiary/aromatic N) is 2. The Morgan fingerprint density at radius 3 is 2.75 bits per heavy atom. The first kappa shape index (κ1) is 16.9. The molecule has 0 saturated carbocycles. The third-order valence-electron chi connectivity index (χ3n) is 3.33. The number of fused-ring (bicyclic) bond motifs is 1. The predicted octanol–water partition coefficient (Wildman–Crippen LogP) is 4.17. The number of nitrogens with one attached hydrogen (secondary N) is 1. The van der Waals surface area contributed by atoms with Gasteiger partial charge in [-0.25, -0.2) is 4.98 Å². The van der Waals surface area contributed by atoms with Crippen LogP contribution < -0.4 is 11.1 Å². The van der Waals surface area contributed by atoms with Crippen molar-refractivity contribution in [2.45, 2.75) is 25.4 Å². The molecule has 0 unspecified atom stereocenters. The zero-order valence-electron chi connectivity index (χ0n) is 12.3. The van der Waals surface area contributed by atoms with Gasteiger partial charge in [-0.2, -0.15) is 13.8 Å². The Hall–Kier alpha value is -1.90. The third kappa shape index (κ3) is 2.92. The van der Waals surface area contributed by atoms with E-state index in [9.17, 15) is 8.78 Å². The molecule has 128 valence electrons. The maximum atomic E-state index is 14.2. The summed E-state index contributed by atoms with van der Waals surface area (Å²) in [7, 11) is 0. The minimum absolute atomic E-state index is 0.0195. The number of hydrogen-bond acceptors (Lipinski definition) is 6. The van der Waals surface area contributed by atoms with Crippen LogP contribution in [0.2, 0.25) is 10.3 Å². The smallest absolute Gasteiger partial charge is 0.320 e. The van der Waals surface area contributed by atoms with Gasteiger partial charge in [0, 0.05) is 0 Å². The molecule has 0 aliphatic heterocycles. The van der Waals surface area contributed by atoms with Crippen LogP contribution in [0.4, 0.5) is 14.6 Å². The van der Waals surface area contributed by atoms with Crippen molar-refractivity contribution in [2.75, 3.05) is 5.32 Å². The number of alkyl halides is 2. The minimum atomic E-state index is -3.47. The highest BCUT2D eigenvalue weighted by Crippen LogP contribution is 2.42. The van der Waals surface area contributed by atoms with Gasteiger partial charge in [-0.3, -0.25) is 0 Å². The van der Waals surface area contributed by atoms with Crippen molar-refractivity contribution in [3.05, 3.63) is 40.2 Å². The molecule has 3 aromatic rings. The molecule has 1 atom stereocenters. The second-order valence-electron chi connectivity index (χ2n) is 5.11. The summed E-state index contributed by atoms with van der Waals surface area (Å²) < 4.78 is 38.8. The topological polar surface area (TPSA) is 90.1 Å². The van der Waals surface area contributed by atoms with Gasteiger partial charge in [-0.15, -0.1) is 0 Å². The largest absolute Gasteiger partial charge is 0.467 e. The summed E-state index contributed by atoms with van der Waals surface area (Å²) >= 11 is 11.8. The molecule has 24 heavy (non-hydrogen) atoms. The monoisotopic (exact) mass is 376 g/mol. The summed E-state index contributed by atoms with van der Waals surface area (Å²) in [5, 5.41) is 2.38. The number of anilines is 1. The lowest BCUT2D eigenvalue weighted by Gasteiger charge is -2.17. The van der Waals surface area contributed by atoms with Crippen molar-refractivity contribution < 1.29 is 17.6 Å². The Morgan fingerprint density at radius 2 is 2.12 bits per heavy atom. The molecule has 0 radical (unpaired) electrons. The number of rotatable bonds is 5. The molecular formula is C14H12Cl2F2N4O2. The van der Waals surface area contributed by atoms with Crippen molar-refractivity contribution >= 4 is 40.1 Å². The quantitative estimate of drug-likeness (QED) is 0.649. The Labute approximate surface area is 144 Å². The third-order valence-corrected chi connectivity index (χ3v) is 3.85. The predicted molar refractivity (Wildman–Crippen MR) is 85.4 cm³/mol. The summed E-state index contributed by atoms with van der Waals surface area (Å²) in [5.41, 5.74) is 5.27. The number of halogens is 4. The molecule has 3 heterocycles. The average molecular weight is 377 g/mol. The number of furan rings is 2. The van der Waals surface area contributed by atoms with Gasteiger partial charge in [0.15, 0.2) is 17.2 Å². The van der Waals surface area contributed by atoms with Gasteiger partial charge >= 0.3 is 5.92 Å². The lowest BCUT2D eigenvalue weighted by atomic mass is 10.1. The van der Waals surface area contributed by atoms with E-state index >= 15 is 0 Å². The molecule has 6 nitrogen and oxygen atoms in total. The van der Waals surface area contributed by atoms with E-state index in [1.165, 1.54) is 6.26 Å². The fourth-order valence-corrected chi connectivity index (χ4v) is 2.51. The molecule has 10 heteroatoms. The molecule has 0 aliphatic carbocycles. The fraction of sp³-hybridized carbons (Fsp3) is 0.286. The number of hydrogen-bond donors (Lipinski definition) is 2. The van der Waals surface area contributed by atoms with Gasteiger partial charge in [-0.1, -0.05) is 11.6 Å². The molecule has 0 aromatic carbocycles. The Bertz CT molecular complexity index is 865. The fourth-order valence-electron chi connectivity index (χ4n) is 2.05. The summed E-state index contributed by atoms with van der Waals surface area (Å²) in [4.78, 5) is 7.82. The van der Waals surface area contributed by atoms with Crippen molar-refractivity contribution in [3.8, 4) is 0 Å². The molecule has 0 spiro atoms. The lowest BCUT2D eigenvalue weighted by Crippen LogP contribution is -2.35. The van der Waals surface area contributed by atoms with Crippen molar-refractivity contribution in [1.82, 2.24) is 9.97 Å². The van der Waals surface area contributed by atoms with Crippen LogP contribution in [0, 0.1) is 0 Å². The molecule has 0 amide bonds. The summed E-state index contributed by atoms with van der Waals surface area (Å²) in [6.45, 7) is 1.39. The van der Waals surface area contributed by atoms with Crippen LogP contribution in [-0.4, -0.2) is 16.0 Å². The number of aromatic nitrogens is 2. The molecule has 0 fully saturated rings. The van der Waals surface area contributed by atoms with E-state index in [-0.39, 0.29) is 33.8 Å². The van der Waals surface area contributed by atoms with Gasteiger partial charge < -0.3 is 19.9 Å². The van der Waals surface area contributed by atoms with Crippen molar-refractivity contribution in [1.29, 1.82) is 0 Å². The van der Waals surface area contributed by atoms with E-state index in [1.54, 1.807) is 12.1 Å². The normalized spacial score (nSPS) is 13.4. The van der Waals surface area contributed by atoms with Crippen LogP contribution in [0.15, 0.2) is 27.2 Å². The van der Waals surface area contributed by atoms with Crippen LogP contribution in [0.3, 0.4) is 0 Å². The zero-order chi connectivity index (χ0) is 17.5. The minimum Gasteiger partial charge on any atom is -0.467 e. The van der Waals surface area contributed by atoms with E-state index in [2.05, 4.69) is 15.3 Å². The first-order chi connectivity index (χ1) is 11.3. The van der Waals surface area contributed by atoms with Crippen LogP contribution in [0.1, 0.15) is 18.4 Å². The van der Waals surface area contributed by atoms with Crippen LogP contribution in [-0.2, 0) is 12.5 Å².